The third kappa shape index (κ3) is 3.88. The van der Waals surface area contributed by atoms with E-state index >= 15 is 0 Å². The van der Waals surface area contributed by atoms with Gasteiger partial charge in [-0.1, -0.05) is 24.3 Å². The Bertz CT molecular complexity index is 1360. The molecule has 0 spiro atoms. The van der Waals surface area contributed by atoms with Crippen LogP contribution in [0.25, 0.3) is 16.9 Å². The highest BCUT2D eigenvalue weighted by Crippen LogP contribution is 2.36. The Morgan fingerprint density at radius 3 is 2.61 bits per heavy atom. The normalized spacial score (nSPS) is 13.8. The number of carbonyl (C=O) groups excluding carboxylic acids is 1. The summed E-state index contributed by atoms with van der Waals surface area (Å²) in [4.78, 5) is 23.6. The molecule has 10 heteroatoms. The number of benzene rings is 1. The maximum absolute atomic E-state index is 13.5. The summed E-state index contributed by atoms with van der Waals surface area (Å²) in [5.41, 5.74) is 0.569. The van der Waals surface area contributed by atoms with E-state index in [1.807, 2.05) is 6.07 Å². The van der Waals surface area contributed by atoms with Crippen LogP contribution in [0.15, 0.2) is 54.7 Å². The predicted molar refractivity (Wildman–Crippen MR) is 117 cm³/mol. The van der Waals surface area contributed by atoms with Crippen LogP contribution in [0.4, 0.5) is 24.8 Å². The maximum Gasteiger partial charge on any atom is 0.417 e. The Morgan fingerprint density at radius 2 is 1.88 bits per heavy atom. The zero-order chi connectivity index (χ0) is 23.2. The number of rotatable bonds is 4. The molecule has 1 saturated heterocycles. The molecule has 0 radical (unpaired) electrons. The first-order chi connectivity index (χ1) is 15.8. The molecular formula is C23H19F3N6O. The first-order valence-corrected chi connectivity index (χ1v) is 10.4. The second-order valence-electron chi connectivity index (χ2n) is 7.81. The second kappa shape index (κ2) is 7.88. The van der Waals surface area contributed by atoms with Gasteiger partial charge in [-0.25, -0.2) is 9.97 Å². The molecule has 0 atom stereocenters. The van der Waals surface area contributed by atoms with Crippen LogP contribution in [-0.2, 0) is 6.18 Å². The number of imidazole rings is 1. The fraction of sp³-hybridized carbons (Fsp3) is 0.217. The summed E-state index contributed by atoms with van der Waals surface area (Å²) in [5.74, 6) is 0.507. The standard InChI is InChI=1S/C23H19F3N6O/c1-14-12-18(15-6-2-3-7-16(15)23(24,25)26)30-32-20(13-27-21(14)32)29-22(33)17-8-4-9-19(28-17)31-10-5-11-31/h2-4,6-9,12-13H,5,10-11H2,1H3,(H,29,33). The Labute approximate surface area is 186 Å². The molecule has 1 aliphatic rings. The van der Waals surface area contributed by atoms with Crippen molar-refractivity contribution >= 4 is 23.2 Å². The van der Waals surface area contributed by atoms with Gasteiger partial charge in [0.1, 0.15) is 11.5 Å². The van der Waals surface area contributed by atoms with Gasteiger partial charge in [-0.2, -0.15) is 22.8 Å². The highest BCUT2D eigenvalue weighted by molar-refractivity contribution is 6.02. The molecule has 7 nitrogen and oxygen atoms in total. The lowest BCUT2D eigenvalue weighted by molar-refractivity contribution is -0.137. The maximum atomic E-state index is 13.5. The van der Waals surface area contributed by atoms with E-state index in [1.54, 1.807) is 25.1 Å². The van der Waals surface area contributed by atoms with Crippen LogP contribution < -0.4 is 10.2 Å². The van der Waals surface area contributed by atoms with Crippen molar-refractivity contribution in [2.45, 2.75) is 19.5 Å². The van der Waals surface area contributed by atoms with Crippen molar-refractivity contribution in [2.24, 2.45) is 0 Å². The SMILES string of the molecule is Cc1cc(-c2ccccc2C(F)(F)F)nn2c(NC(=O)c3cccc(N4CCC4)n3)cnc12. The zero-order valence-corrected chi connectivity index (χ0v) is 17.6. The third-order valence-electron chi connectivity index (χ3n) is 5.55. The number of amides is 1. The summed E-state index contributed by atoms with van der Waals surface area (Å²) in [6.07, 6.45) is -2.02. The minimum Gasteiger partial charge on any atom is -0.356 e. The molecule has 0 aliphatic carbocycles. The molecule has 3 aromatic heterocycles. The van der Waals surface area contributed by atoms with Gasteiger partial charge in [0, 0.05) is 18.7 Å². The van der Waals surface area contributed by atoms with Gasteiger partial charge in [-0.05, 0) is 43.2 Å². The van der Waals surface area contributed by atoms with Crippen molar-refractivity contribution < 1.29 is 18.0 Å². The fourth-order valence-electron chi connectivity index (χ4n) is 3.74. The summed E-state index contributed by atoms with van der Waals surface area (Å²) in [5, 5.41) is 7.10. The van der Waals surface area contributed by atoms with Gasteiger partial charge < -0.3 is 10.2 Å². The van der Waals surface area contributed by atoms with Crippen molar-refractivity contribution in [3.8, 4) is 11.3 Å². The van der Waals surface area contributed by atoms with E-state index in [1.165, 1.54) is 28.9 Å². The predicted octanol–water partition coefficient (Wildman–Crippen LogP) is 4.58. The minimum atomic E-state index is -4.53. The van der Waals surface area contributed by atoms with Crippen LogP contribution in [0, 0.1) is 6.92 Å². The van der Waals surface area contributed by atoms with Crippen LogP contribution in [0.1, 0.15) is 28.0 Å². The fourth-order valence-corrected chi connectivity index (χ4v) is 3.74. The number of pyridine rings is 1. The van der Waals surface area contributed by atoms with Crippen molar-refractivity contribution in [1.82, 2.24) is 19.6 Å². The van der Waals surface area contributed by atoms with E-state index < -0.39 is 17.6 Å². The summed E-state index contributed by atoms with van der Waals surface area (Å²) >= 11 is 0. The molecule has 4 heterocycles. The van der Waals surface area contributed by atoms with Crippen LogP contribution in [0.2, 0.25) is 0 Å². The molecule has 1 fully saturated rings. The molecule has 5 rings (SSSR count). The number of hydrogen-bond donors (Lipinski definition) is 1. The zero-order valence-electron chi connectivity index (χ0n) is 17.6. The van der Waals surface area contributed by atoms with Crippen LogP contribution in [0.3, 0.4) is 0 Å². The van der Waals surface area contributed by atoms with Crippen LogP contribution in [-0.4, -0.2) is 38.6 Å². The third-order valence-corrected chi connectivity index (χ3v) is 5.55. The number of alkyl halides is 3. The molecule has 1 aliphatic heterocycles. The topological polar surface area (TPSA) is 75.4 Å². The lowest BCUT2D eigenvalue weighted by atomic mass is 10.0. The van der Waals surface area contributed by atoms with Gasteiger partial charge in [0.2, 0.25) is 0 Å². The quantitative estimate of drug-likeness (QED) is 0.491. The van der Waals surface area contributed by atoms with Gasteiger partial charge in [0.25, 0.3) is 5.91 Å². The van der Waals surface area contributed by atoms with E-state index in [-0.39, 0.29) is 22.8 Å². The second-order valence-corrected chi connectivity index (χ2v) is 7.81. The molecule has 0 unspecified atom stereocenters. The first kappa shape index (κ1) is 20.9. The van der Waals surface area contributed by atoms with Crippen molar-refractivity contribution in [3.05, 3.63) is 71.5 Å². The molecule has 1 amide bonds. The van der Waals surface area contributed by atoms with Gasteiger partial charge >= 0.3 is 6.18 Å². The summed E-state index contributed by atoms with van der Waals surface area (Å²) < 4.78 is 41.9. The Morgan fingerprint density at radius 1 is 1.09 bits per heavy atom. The average Bonchev–Trinajstić information content (AvgIpc) is 3.15. The molecule has 1 aromatic carbocycles. The van der Waals surface area contributed by atoms with E-state index in [2.05, 4.69) is 25.3 Å². The van der Waals surface area contributed by atoms with E-state index in [0.717, 1.165) is 31.4 Å². The number of halogens is 3. The minimum absolute atomic E-state index is 0.0510. The number of hydrogen-bond acceptors (Lipinski definition) is 5. The van der Waals surface area contributed by atoms with E-state index in [9.17, 15) is 18.0 Å². The average molecular weight is 452 g/mol. The van der Waals surface area contributed by atoms with Crippen LogP contribution >= 0.6 is 0 Å². The Hall–Kier alpha value is -3.95. The van der Waals surface area contributed by atoms with E-state index in [0.29, 0.717) is 11.2 Å². The van der Waals surface area contributed by atoms with Crippen molar-refractivity contribution in [1.29, 1.82) is 0 Å². The summed E-state index contributed by atoms with van der Waals surface area (Å²) in [7, 11) is 0. The molecule has 4 aromatic rings. The van der Waals surface area contributed by atoms with Gasteiger partial charge in [-0.15, -0.1) is 0 Å². The summed E-state index contributed by atoms with van der Waals surface area (Å²) in [6, 6.07) is 12.0. The number of nitrogens with zero attached hydrogens (tertiary/aromatic N) is 5. The van der Waals surface area contributed by atoms with Gasteiger partial charge in [0.05, 0.1) is 17.5 Å². The highest BCUT2D eigenvalue weighted by Gasteiger charge is 2.34. The highest BCUT2D eigenvalue weighted by atomic mass is 19.4. The van der Waals surface area contributed by atoms with Gasteiger partial charge in [0.15, 0.2) is 11.5 Å². The molecule has 168 valence electrons. The number of fused-ring (bicyclic) bond motifs is 1. The van der Waals surface area contributed by atoms with E-state index in [4.69, 9.17) is 0 Å². The molecule has 0 saturated carbocycles. The lowest BCUT2D eigenvalue weighted by Crippen LogP contribution is -2.37. The van der Waals surface area contributed by atoms with Crippen molar-refractivity contribution in [3.63, 3.8) is 0 Å². The number of nitrogens with one attached hydrogen (secondary N) is 1. The largest absolute Gasteiger partial charge is 0.417 e. The van der Waals surface area contributed by atoms with Crippen molar-refractivity contribution in [2.75, 3.05) is 23.3 Å². The molecule has 1 N–H and O–H groups in total. The van der Waals surface area contributed by atoms with Gasteiger partial charge in [-0.3, -0.25) is 4.79 Å². The number of anilines is 2. The molecule has 33 heavy (non-hydrogen) atoms. The van der Waals surface area contributed by atoms with Crippen LogP contribution in [0.5, 0.6) is 0 Å². The number of carbonyl (C=O) groups is 1. The summed E-state index contributed by atoms with van der Waals surface area (Å²) in [6.45, 7) is 3.53. The number of aromatic nitrogens is 4. The number of aryl methyl sites for hydroxylation is 1. The Balaban J connectivity index is 1.51. The Kier molecular flexibility index (Phi) is 4.99. The smallest absolute Gasteiger partial charge is 0.356 e. The molecule has 0 bridgehead atoms. The lowest BCUT2D eigenvalue weighted by Gasteiger charge is -2.32. The monoisotopic (exact) mass is 452 g/mol. The molecular weight excluding hydrogens is 433 g/mol. The first-order valence-electron chi connectivity index (χ1n) is 10.4.